The van der Waals surface area contributed by atoms with Gasteiger partial charge in [0, 0.05) is 36.8 Å². The number of alkyl halides is 3. The van der Waals surface area contributed by atoms with E-state index in [4.69, 9.17) is 4.11 Å². The number of benzene rings is 1. The molecule has 1 aromatic carbocycles. The average molecular weight is 261 g/mol. The van der Waals surface area contributed by atoms with Crippen molar-refractivity contribution in [3.05, 3.63) is 35.4 Å². The van der Waals surface area contributed by atoms with E-state index < -0.39 is 18.7 Å². The molecule has 0 spiro atoms. The third-order valence-electron chi connectivity index (χ3n) is 3.09. The first-order chi connectivity index (χ1) is 9.68. The summed E-state index contributed by atoms with van der Waals surface area (Å²) in [6.07, 6.45) is -4.36. The topological polar surface area (TPSA) is 6.48 Å². The number of rotatable bonds is 2. The molecule has 0 N–H and O–H groups in total. The Balaban J connectivity index is 2.02. The van der Waals surface area contributed by atoms with Crippen LogP contribution in [0, 0.1) is 0 Å². The van der Waals surface area contributed by atoms with E-state index in [1.165, 1.54) is 17.0 Å². The van der Waals surface area contributed by atoms with Gasteiger partial charge in [0.2, 0.25) is 0 Å². The predicted molar refractivity (Wildman–Crippen MR) is 64.2 cm³/mol. The zero-order valence-electron chi connectivity index (χ0n) is 12.9. The fraction of sp³-hybridized carbons (Fsp3) is 0.538. The van der Waals surface area contributed by atoms with E-state index in [2.05, 4.69) is 0 Å². The molecule has 0 amide bonds. The van der Waals surface area contributed by atoms with Crippen LogP contribution in [0.1, 0.15) is 15.2 Å². The van der Waals surface area contributed by atoms with Crippen LogP contribution in [0.2, 0.25) is 0 Å². The highest BCUT2D eigenvalue weighted by Crippen LogP contribution is 2.32. The minimum atomic E-state index is -4.36. The van der Waals surface area contributed by atoms with Gasteiger partial charge in [0.15, 0.2) is 0 Å². The number of piperazine rings is 1. The van der Waals surface area contributed by atoms with Gasteiger partial charge in [0.25, 0.3) is 0 Å². The van der Waals surface area contributed by atoms with Crippen LogP contribution in [-0.2, 0) is 12.7 Å². The van der Waals surface area contributed by atoms with Crippen molar-refractivity contribution < 1.29 is 17.3 Å². The standard InChI is InChI=1S/C13H17F3N2/c1-17-6-8-18(9-7-17)10-11-4-2-3-5-12(11)13(14,15)16/h2-5H,6-10H2,1H3/i1D3. The summed E-state index contributed by atoms with van der Waals surface area (Å²) in [6.45, 7) is -0.370. The van der Waals surface area contributed by atoms with E-state index in [0.717, 1.165) is 6.07 Å². The van der Waals surface area contributed by atoms with Crippen LogP contribution in [0.25, 0.3) is 0 Å². The SMILES string of the molecule is [2H]C([2H])([2H])N1CCN(Cc2ccccc2C(F)(F)F)CC1. The van der Waals surface area contributed by atoms with Crippen molar-refractivity contribution in [1.82, 2.24) is 9.80 Å². The molecule has 1 aliphatic rings. The van der Waals surface area contributed by atoms with Crippen LogP contribution in [0.3, 0.4) is 0 Å². The van der Waals surface area contributed by atoms with Crippen molar-refractivity contribution in [1.29, 1.82) is 0 Å². The van der Waals surface area contributed by atoms with Crippen molar-refractivity contribution >= 4 is 0 Å². The molecule has 1 aromatic rings. The molecule has 0 unspecified atom stereocenters. The molecule has 0 radical (unpaired) electrons. The summed E-state index contributed by atoms with van der Waals surface area (Å²) in [5, 5.41) is 0. The van der Waals surface area contributed by atoms with Crippen molar-refractivity contribution in [3.63, 3.8) is 0 Å². The Labute approximate surface area is 109 Å². The van der Waals surface area contributed by atoms with Crippen LogP contribution < -0.4 is 0 Å². The van der Waals surface area contributed by atoms with E-state index in [-0.39, 0.29) is 12.1 Å². The predicted octanol–water partition coefficient (Wildman–Crippen LogP) is 2.45. The largest absolute Gasteiger partial charge is 0.416 e. The summed E-state index contributed by atoms with van der Waals surface area (Å²) < 4.78 is 60.7. The van der Waals surface area contributed by atoms with Crippen LogP contribution in [0.4, 0.5) is 13.2 Å². The summed E-state index contributed by atoms with van der Waals surface area (Å²) >= 11 is 0. The lowest BCUT2D eigenvalue weighted by Gasteiger charge is -2.32. The third-order valence-corrected chi connectivity index (χ3v) is 3.09. The summed E-state index contributed by atoms with van der Waals surface area (Å²) in [6, 6.07) is 5.51. The fourth-order valence-corrected chi connectivity index (χ4v) is 2.08. The van der Waals surface area contributed by atoms with Gasteiger partial charge in [0.1, 0.15) is 0 Å². The minimum Gasteiger partial charge on any atom is -0.304 e. The second kappa shape index (κ2) is 5.28. The molecule has 2 nitrogen and oxygen atoms in total. The maximum absolute atomic E-state index is 12.9. The highest BCUT2D eigenvalue weighted by Gasteiger charge is 2.33. The molecule has 18 heavy (non-hydrogen) atoms. The normalized spacial score (nSPS) is 22.3. The first kappa shape index (κ1) is 9.81. The monoisotopic (exact) mass is 261 g/mol. The zero-order valence-corrected chi connectivity index (χ0v) is 9.87. The van der Waals surface area contributed by atoms with Crippen LogP contribution >= 0.6 is 0 Å². The van der Waals surface area contributed by atoms with Gasteiger partial charge in [-0.2, -0.15) is 13.2 Å². The quantitative estimate of drug-likeness (QED) is 0.807. The van der Waals surface area contributed by atoms with Gasteiger partial charge in [-0.15, -0.1) is 0 Å². The van der Waals surface area contributed by atoms with Gasteiger partial charge < -0.3 is 4.90 Å². The summed E-state index contributed by atoms with van der Waals surface area (Å²) in [4.78, 5) is 3.23. The molecular formula is C13H17F3N2. The first-order valence-corrected chi connectivity index (χ1v) is 5.80. The number of likely N-dealkylation sites (N-methyl/N-ethyl adjacent to an activating group) is 1. The summed E-state index contributed by atoms with van der Waals surface area (Å²) in [5.41, 5.74) is -0.393. The minimum absolute atomic E-state index is 0.185. The highest BCUT2D eigenvalue weighted by atomic mass is 19.4. The molecule has 0 atom stereocenters. The van der Waals surface area contributed by atoms with Gasteiger partial charge >= 0.3 is 6.18 Å². The molecule has 1 heterocycles. The Kier molecular flexibility index (Phi) is 2.88. The number of nitrogens with zero attached hydrogens (tertiary/aromatic N) is 2. The van der Waals surface area contributed by atoms with E-state index >= 15 is 0 Å². The van der Waals surface area contributed by atoms with Gasteiger partial charge in [-0.3, -0.25) is 4.90 Å². The number of hydrogen-bond donors (Lipinski definition) is 0. The highest BCUT2D eigenvalue weighted by molar-refractivity contribution is 5.29. The summed E-state index contributed by atoms with van der Waals surface area (Å²) in [7, 11) is 0. The zero-order chi connectivity index (χ0) is 15.7. The van der Waals surface area contributed by atoms with Gasteiger partial charge in [-0.05, 0) is 18.6 Å². The van der Waals surface area contributed by atoms with E-state index in [0.29, 0.717) is 26.2 Å². The first-order valence-electron chi connectivity index (χ1n) is 7.30. The maximum Gasteiger partial charge on any atom is 0.416 e. The molecule has 2 rings (SSSR count). The molecule has 1 aliphatic heterocycles. The smallest absolute Gasteiger partial charge is 0.304 e. The fourth-order valence-electron chi connectivity index (χ4n) is 2.08. The molecule has 0 aromatic heterocycles. The van der Waals surface area contributed by atoms with E-state index in [1.807, 2.05) is 4.90 Å². The van der Waals surface area contributed by atoms with Crippen LogP contribution in [-0.4, -0.2) is 43.0 Å². The lowest BCUT2D eigenvalue weighted by molar-refractivity contribution is -0.138. The second-order valence-corrected chi connectivity index (χ2v) is 4.42. The molecule has 0 saturated carbocycles. The Morgan fingerprint density at radius 2 is 1.83 bits per heavy atom. The number of halogens is 3. The maximum atomic E-state index is 12.9. The molecule has 100 valence electrons. The van der Waals surface area contributed by atoms with Gasteiger partial charge in [-0.25, -0.2) is 0 Å². The Hall–Kier alpha value is -1.07. The number of hydrogen-bond acceptors (Lipinski definition) is 2. The van der Waals surface area contributed by atoms with Gasteiger partial charge in [-0.1, -0.05) is 18.2 Å². The van der Waals surface area contributed by atoms with Crippen molar-refractivity contribution in [2.45, 2.75) is 12.7 Å². The third kappa shape index (κ3) is 3.23. The molecule has 1 saturated heterocycles. The second-order valence-electron chi connectivity index (χ2n) is 4.42. The molecule has 5 heteroatoms. The van der Waals surface area contributed by atoms with Crippen molar-refractivity contribution in [3.8, 4) is 0 Å². The molecule has 0 aliphatic carbocycles. The lowest BCUT2D eigenvalue weighted by Crippen LogP contribution is -2.44. The van der Waals surface area contributed by atoms with E-state index in [1.54, 1.807) is 6.07 Å². The Bertz CT molecular complexity index is 480. The Morgan fingerprint density at radius 1 is 1.17 bits per heavy atom. The average Bonchev–Trinajstić information content (AvgIpc) is 2.37. The molecular weight excluding hydrogens is 241 g/mol. The van der Waals surface area contributed by atoms with E-state index in [9.17, 15) is 13.2 Å². The van der Waals surface area contributed by atoms with Crippen LogP contribution in [0.5, 0.6) is 0 Å². The summed E-state index contributed by atoms with van der Waals surface area (Å²) in [5.74, 6) is 0. The lowest BCUT2D eigenvalue weighted by atomic mass is 10.1. The molecule has 0 bridgehead atoms. The molecule has 1 fully saturated rings. The Morgan fingerprint density at radius 3 is 2.44 bits per heavy atom. The van der Waals surface area contributed by atoms with Gasteiger partial charge in [0.05, 0.1) is 5.56 Å². The van der Waals surface area contributed by atoms with Crippen molar-refractivity contribution in [2.24, 2.45) is 0 Å². The van der Waals surface area contributed by atoms with Crippen molar-refractivity contribution in [2.75, 3.05) is 33.2 Å². The van der Waals surface area contributed by atoms with Crippen LogP contribution in [0.15, 0.2) is 24.3 Å².